The van der Waals surface area contributed by atoms with Gasteiger partial charge in [0, 0.05) is 12.5 Å². The van der Waals surface area contributed by atoms with E-state index in [1.54, 1.807) is 0 Å². The molecule has 4 heteroatoms. The van der Waals surface area contributed by atoms with E-state index in [1.807, 2.05) is 24.3 Å². The van der Waals surface area contributed by atoms with E-state index in [4.69, 9.17) is 4.74 Å². The summed E-state index contributed by atoms with van der Waals surface area (Å²) in [7, 11) is 0. The van der Waals surface area contributed by atoms with Crippen LogP contribution in [0.2, 0.25) is 0 Å². The lowest BCUT2D eigenvalue weighted by Crippen LogP contribution is -2.27. The largest absolute Gasteiger partial charge is 0.449 e. The number of benzene rings is 2. The van der Waals surface area contributed by atoms with Crippen molar-refractivity contribution in [1.29, 1.82) is 0 Å². The van der Waals surface area contributed by atoms with Crippen LogP contribution in [-0.2, 0) is 4.74 Å². The van der Waals surface area contributed by atoms with Crippen molar-refractivity contribution in [1.82, 2.24) is 5.32 Å². The molecule has 0 saturated heterocycles. The maximum atomic E-state index is 12.1. The van der Waals surface area contributed by atoms with Crippen LogP contribution >= 0.6 is 0 Å². The number of nitrogens with one attached hydrogen (secondary N) is 1. The average molecular weight is 365 g/mol. The zero-order valence-corrected chi connectivity index (χ0v) is 15.6. The quantitative estimate of drug-likeness (QED) is 0.743. The van der Waals surface area contributed by atoms with Gasteiger partial charge in [-0.25, -0.2) is 4.79 Å². The zero-order chi connectivity index (χ0) is 18.6. The number of amides is 1. The smallest absolute Gasteiger partial charge is 0.407 e. The molecule has 0 spiro atoms. The molecule has 0 heterocycles. The number of aliphatic hydroxyl groups is 1. The van der Waals surface area contributed by atoms with Crippen LogP contribution < -0.4 is 5.32 Å². The van der Waals surface area contributed by atoms with Crippen molar-refractivity contribution in [3.05, 3.63) is 59.7 Å². The predicted octanol–water partition coefficient (Wildman–Crippen LogP) is 4.47. The Kier molecular flexibility index (Phi) is 5.44. The molecule has 2 aliphatic carbocycles. The van der Waals surface area contributed by atoms with Crippen LogP contribution in [0, 0.1) is 5.92 Å². The molecular weight excluding hydrogens is 338 g/mol. The van der Waals surface area contributed by atoms with Gasteiger partial charge in [0.15, 0.2) is 0 Å². The second-order valence-electron chi connectivity index (χ2n) is 7.65. The van der Waals surface area contributed by atoms with Crippen molar-refractivity contribution in [2.45, 2.75) is 44.1 Å². The summed E-state index contributed by atoms with van der Waals surface area (Å²) >= 11 is 0. The monoisotopic (exact) mass is 365 g/mol. The van der Waals surface area contributed by atoms with Crippen LogP contribution in [0.25, 0.3) is 11.1 Å². The van der Waals surface area contributed by atoms with Crippen LogP contribution in [0.4, 0.5) is 4.79 Å². The fourth-order valence-electron chi connectivity index (χ4n) is 4.56. The van der Waals surface area contributed by atoms with Crippen molar-refractivity contribution in [2.75, 3.05) is 13.2 Å². The molecule has 1 amide bonds. The second kappa shape index (κ2) is 8.13. The number of fused-ring (bicyclic) bond motifs is 3. The Labute approximate surface area is 160 Å². The summed E-state index contributed by atoms with van der Waals surface area (Å²) in [5.74, 6) is 0.492. The Bertz CT molecular complexity index is 758. The lowest BCUT2D eigenvalue weighted by Gasteiger charge is -2.16. The van der Waals surface area contributed by atoms with Gasteiger partial charge >= 0.3 is 6.09 Å². The minimum Gasteiger partial charge on any atom is -0.449 e. The third-order valence-corrected chi connectivity index (χ3v) is 5.98. The van der Waals surface area contributed by atoms with E-state index in [0.717, 1.165) is 32.1 Å². The highest BCUT2D eigenvalue weighted by Gasteiger charge is 2.29. The van der Waals surface area contributed by atoms with E-state index < -0.39 is 0 Å². The Morgan fingerprint density at radius 1 is 1.04 bits per heavy atom. The van der Waals surface area contributed by atoms with Crippen molar-refractivity contribution in [2.24, 2.45) is 5.92 Å². The van der Waals surface area contributed by atoms with Crippen LogP contribution in [0.1, 0.15) is 49.1 Å². The van der Waals surface area contributed by atoms with Gasteiger partial charge in [-0.15, -0.1) is 0 Å². The SMILES string of the molecule is O=C(NCCCC1CCCC1O)OCC1c2ccccc2-c2ccccc21. The number of carbonyl (C=O) groups excluding carboxylic acids is 1. The van der Waals surface area contributed by atoms with E-state index in [1.165, 1.54) is 22.3 Å². The molecular formula is C23H27NO3. The molecule has 2 aliphatic rings. The molecule has 0 aromatic heterocycles. The predicted molar refractivity (Wildman–Crippen MR) is 106 cm³/mol. The first-order valence-electron chi connectivity index (χ1n) is 10.0. The Balaban J connectivity index is 1.28. The number of rotatable bonds is 6. The van der Waals surface area contributed by atoms with E-state index >= 15 is 0 Å². The normalized spacial score (nSPS) is 20.9. The van der Waals surface area contributed by atoms with Gasteiger partial charge in [0.25, 0.3) is 0 Å². The zero-order valence-electron chi connectivity index (χ0n) is 15.6. The molecule has 0 aliphatic heterocycles. The van der Waals surface area contributed by atoms with Gasteiger partial charge in [-0.05, 0) is 53.9 Å². The number of alkyl carbamates (subject to hydrolysis) is 1. The van der Waals surface area contributed by atoms with Gasteiger partial charge in [0.05, 0.1) is 6.10 Å². The standard InChI is InChI=1S/C23H27NO3/c25-22-13-5-7-16(22)8-6-14-24-23(26)27-15-21-19-11-3-1-9-17(19)18-10-2-4-12-20(18)21/h1-4,9-12,16,21-22,25H,5-8,13-15H2,(H,24,26). The molecule has 2 N–H and O–H groups in total. The van der Waals surface area contributed by atoms with Gasteiger partial charge in [0.1, 0.15) is 6.61 Å². The van der Waals surface area contributed by atoms with Crippen molar-refractivity contribution < 1.29 is 14.6 Å². The summed E-state index contributed by atoms with van der Waals surface area (Å²) in [4.78, 5) is 12.1. The number of carbonyl (C=O) groups is 1. The third kappa shape index (κ3) is 3.86. The van der Waals surface area contributed by atoms with Crippen molar-refractivity contribution >= 4 is 6.09 Å². The third-order valence-electron chi connectivity index (χ3n) is 5.98. The Morgan fingerprint density at radius 3 is 2.33 bits per heavy atom. The van der Waals surface area contributed by atoms with Crippen molar-refractivity contribution in [3.8, 4) is 11.1 Å². The highest BCUT2D eigenvalue weighted by molar-refractivity contribution is 5.79. The Hall–Kier alpha value is -2.33. The molecule has 2 aromatic rings. The lowest BCUT2D eigenvalue weighted by atomic mass is 9.98. The molecule has 1 fully saturated rings. The highest BCUT2D eigenvalue weighted by atomic mass is 16.5. The first-order chi connectivity index (χ1) is 13.2. The van der Waals surface area contributed by atoms with E-state index in [-0.39, 0.29) is 18.1 Å². The van der Waals surface area contributed by atoms with E-state index in [2.05, 4.69) is 29.6 Å². The van der Waals surface area contributed by atoms with Gasteiger partial charge in [-0.3, -0.25) is 0 Å². The molecule has 4 rings (SSSR count). The summed E-state index contributed by atoms with van der Waals surface area (Å²) < 4.78 is 5.53. The van der Waals surface area contributed by atoms with E-state index in [9.17, 15) is 9.90 Å². The maximum absolute atomic E-state index is 12.1. The maximum Gasteiger partial charge on any atom is 0.407 e. The first kappa shape index (κ1) is 18.1. The van der Waals surface area contributed by atoms with Gasteiger partial charge in [0.2, 0.25) is 0 Å². The molecule has 0 bridgehead atoms. The van der Waals surface area contributed by atoms with Gasteiger partial charge in [-0.2, -0.15) is 0 Å². The number of aliphatic hydroxyl groups excluding tert-OH is 1. The average Bonchev–Trinajstić information content (AvgIpc) is 3.25. The van der Waals surface area contributed by atoms with Crippen LogP contribution in [0.5, 0.6) is 0 Å². The topological polar surface area (TPSA) is 58.6 Å². The molecule has 2 unspecified atom stereocenters. The van der Waals surface area contributed by atoms with E-state index in [0.29, 0.717) is 19.1 Å². The second-order valence-corrected chi connectivity index (χ2v) is 7.65. The lowest BCUT2D eigenvalue weighted by molar-refractivity contribution is 0.125. The molecule has 2 aromatic carbocycles. The summed E-state index contributed by atoms with van der Waals surface area (Å²) in [6.07, 6.45) is 4.47. The minimum atomic E-state index is -0.358. The molecule has 1 saturated carbocycles. The molecule has 142 valence electrons. The van der Waals surface area contributed by atoms with Gasteiger partial charge < -0.3 is 15.2 Å². The summed E-state index contributed by atoms with van der Waals surface area (Å²) in [5, 5.41) is 12.7. The minimum absolute atomic E-state index is 0.0942. The number of hydrogen-bond donors (Lipinski definition) is 2. The molecule has 4 nitrogen and oxygen atoms in total. The molecule has 2 atom stereocenters. The van der Waals surface area contributed by atoms with Crippen LogP contribution in [-0.4, -0.2) is 30.5 Å². The van der Waals surface area contributed by atoms with Crippen molar-refractivity contribution in [3.63, 3.8) is 0 Å². The van der Waals surface area contributed by atoms with Crippen LogP contribution in [0.15, 0.2) is 48.5 Å². The fourth-order valence-corrected chi connectivity index (χ4v) is 4.56. The highest BCUT2D eigenvalue weighted by Crippen LogP contribution is 2.44. The van der Waals surface area contributed by atoms with Crippen LogP contribution in [0.3, 0.4) is 0 Å². The fraction of sp³-hybridized carbons (Fsp3) is 0.435. The first-order valence-corrected chi connectivity index (χ1v) is 10.0. The number of ether oxygens (including phenoxy) is 1. The molecule has 0 radical (unpaired) electrons. The van der Waals surface area contributed by atoms with Gasteiger partial charge in [-0.1, -0.05) is 55.0 Å². The Morgan fingerprint density at radius 2 is 1.70 bits per heavy atom. The number of hydrogen-bond acceptors (Lipinski definition) is 3. The molecule has 27 heavy (non-hydrogen) atoms. The summed E-state index contributed by atoms with van der Waals surface area (Å²) in [6.45, 7) is 0.946. The summed E-state index contributed by atoms with van der Waals surface area (Å²) in [5.41, 5.74) is 4.91. The summed E-state index contributed by atoms with van der Waals surface area (Å²) in [6, 6.07) is 16.7.